The van der Waals surface area contributed by atoms with Crippen molar-refractivity contribution in [3.63, 3.8) is 0 Å². The van der Waals surface area contributed by atoms with Crippen LogP contribution in [0.25, 0.3) is 11.1 Å². The standard InChI is InChI=1S/C21H26N6O/c22-10-17-19(16-7-3-1-2-4-8-18(16)27-20(17)23)14-11-24-21(25-12-14)26-13-15-6-5-9-28-15/h11-12,15H,1-9,13H2,(H2,23,27)(H,24,25,26). The molecule has 1 saturated heterocycles. The van der Waals surface area contributed by atoms with Gasteiger partial charge in [0.05, 0.1) is 6.10 Å². The highest BCUT2D eigenvalue weighted by Gasteiger charge is 2.21. The molecular formula is C21H26N6O. The first-order chi connectivity index (χ1) is 13.8. The van der Waals surface area contributed by atoms with E-state index in [2.05, 4.69) is 26.3 Å². The molecule has 28 heavy (non-hydrogen) atoms. The molecule has 1 aliphatic carbocycles. The zero-order valence-electron chi connectivity index (χ0n) is 16.1. The highest BCUT2D eigenvalue weighted by atomic mass is 16.5. The zero-order valence-corrected chi connectivity index (χ0v) is 16.1. The summed E-state index contributed by atoms with van der Waals surface area (Å²) in [5, 5.41) is 12.9. The van der Waals surface area contributed by atoms with E-state index < -0.39 is 0 Å². The van der Waals surface area contributed by atoms with Crippen molar-refractivity contribution in [1.82, 2.24) is 15.0 Å². The van der Waals surface area contributed by atoms with Gasteiger partial charge < -0.3 is 15.8 Å². The number of nitriles is 1. The van der Waals surface area contributed by atoms with Crippen molar-refractivity contribution in [3.05, 3.63) is 29.2 Å². The van der Waals surface area contributed by atoms with Crippen molar-refractivity contribution in [2.24, 2.45) is 0 Å². The number of nitrogens with one attached hydrogen (secondary N) is 1. The number of rotatable bonds is 4. The third-order valence-corrected chi connectivity index (χ3v) is 5.57. The van der Waals surface area contributed by atoms with Crippen molar-refractivity contribution in [2.45, 2.75) is 57.5 Å². The topological polar surface area (TPSA) is 110 Å². The molecule has 1 fully saturated rings. The summed E-state index contributed by atoms with van der Waals surface area (Å²) in [6, 6.07) is 2.25. The van der Waals surface area contributed by atoms with Gasteiger partial charge in [-0.2, -0.15) is 5.26 Å². The van der Waals surface area contributed by atoms with Gasteiger partial charge in [-0.3, -0.25) is 0 Å². The first-order valence-electron chi connectivity index (χ1n) is 10.2. The predicted octanol–water partition coefficient (Wildman–Crippen LogP) is 3.24. The monoisotopic (exact) mass is 378 g/mol. The van der Waals surface area contributed by atoms with Gasteiger partial charge in [0.15, 0.2) is 0 Å². The van der Waals surface area contributed by atoms with Gasteiger partial charge in [0.2, 0.25) is 5.95 Å². The second-order valence-electron chi connectivity index (χ2n) is 7.51. The molecule has 0 spiro atoms. The molecule has 0 saturated carbocycles. The second kappa shape index (κ2) is 8.53. The minimum Gasteiger partial charge on any atom is -0.383 e. The van der Waals surface area contributed by atoms with Gasteiger partial charge in [-0.1, -0.05) is 12.8 Å². The van der Waals surface area contributed by atoms with Gasteiger partial charge in [0, 0.05) is 42.4 Å². The molecule has 1 atom stereocenters. The van der Waals surface area contributed by atoms with Crippen molar-refractivity contribution in [1.29, 1.82) is 5.26 Å². The van der Waals surface area contributed by atoms with Crippen LogP contribution in [0.5, 0.6) is 0 Å². The number of hydrogen-bond acceptors (Lipinski definition) is 7. The van der Waals surface area contributed by atoms with Crippen LogP contribution < -0.4 is 11.1 Å². The van der Waals surface area contributed by atoms with Crippen molar-refractivity contribution in [3.8, 4) is 17.2 Å². The van der Waals surface area contributed by atoms with Crippen LogP contribution in [-0.2, 0) is 17.6 Å². The lowest BCUT2D eigenvalue weighted by molar-refractivity contribution is 0.120. The molecule has 2 aromatic heterocycles. The summed E-state index contributed by atoms with van der Waals surface area (Å²) in [6.07, 6.45) is 12.4. The molecule has 2 aliphatic rings. The molecule has 0 aromatic carbocycles. The molecule has 1 aliphatic heterocycles. The largest absolute Gasteiger partial charge is 0.383 e. The highest BCUT2D eigenvalue weighted by Crippen LogP contribution is 2.34. The molecule has 7 heteroatoms. The van der Waals surface area contributed by atoms with Crippen molar-refractivity contribution in [2.75, 3.05) is 24.2 Å². The fourth-order valence-corrected chi connectivity index (χ4v) is 4.11. The fraction of sp³-hybridized carbons (Fsp3) is 0.524. The van der Waals surface area contributed by atoms with E-state index in [4.69, 9.17) is 10.5 Å². The van der Waals surface area contributed by atoms with Crippen LogP contribution in [0.1, 0.15) is 55.3 Å². The zero-order chi connectivity index (χ0) is 19.3. The SMILES string of the molecule is N#Cc1c(N)nc2c(c1-c1cnc(NCC3CCCO3)nc1)CCCCCC2. The number of hydrogen-bond donors (Lipinski definition) is 2. The smallest absolute Gasteiger partial charge is 0.222 e. The lowest BCUT2D eigenvalue weighted by Crippen LogP contribution is -2.19. The number of ether oxygens (including phenoxy) is 1. The summed E-state index contributed by atoms with van der Waals surface area (Å²) in [4.78, 5) is 13.5. The Morgan fingerprint density at radius 2 is 1.93 bits per heavy atom. The maximum atomic E-state index is 9.71. The van der Waals surface area contributed by atoms with Gasteiger partial charge in [0.25, 0.3) is 0 Å². The Bertz CT molecular complexity index is 868. The molecule has 0 bridgehead atoms. The number of fused-ring (bicyclic) bond motifs is 1. The Morgan fingerprint density at radius 3 is 2.64 bits per heavy atom. The van der Waals surface area contributed by atoms with E-state index in [1.165, 1.54) is 12.8 Å². The highest BCUT2D eigenvalue weighted by molar-refractivity contribution is 5.78. The van der Waals surface area contributed by atoms with E-state index in [1.807, 2.05) is 0 Å². The normalized spacial score (nSPS) is 19.3. The van der Waals surface area contributed by atoms with Gasteiger partial charge in [-0.15, -0.1) is 0 Å². The Labute approximate surface area is 165 Å². The van der Waals surface area contributed by atoms with Crippen LogP contribution in [0.2, 0.25) is 0 Å². The third kappa shape index (κ3) is 3.92. The summed E-state index contributed by atoms with van der Waals surface area (Å²) >= 11 is 0. The molecule has 4 rings (SSSR count). The van der Waals surface area contributed by atoms with Crippen LogP contribution in [0.15, 0.2) is 12.4 Å². The molecule has 7 nitrogen and oxygen atoms in total. The first-order valence-corrected chi connectivity index (χ1v) is 10.2. The van der Waals surface area contributed by atoms with E-state index in [0.717, 1.165) is 67.5 Å². The summed E-state index contributed by atoms with van der Waals surface area (Å²) in [5.74, 6) is 0.875. The lowest BCUT2D eigenvalue weighted by atomic mass is 9.89. The minimum atomic E-state index is 0.230. The third-order valence-electron chi connectivity index (χ3n) is 5.57. The Hall–Kier alpha value is -2.72. The average molecular weight is 378 g/mol. The van der Waals surface area contributed by atoms with E-state index in [0.29, 0.717) is 23.9 Å². The summed E-state index contributed by atoms with van der Waals surface area (Å²) in [6.45, 7) is 1.54. The van der Waals surface area contributed by atoms with E-state index >= 15 is 0 Å². The van der Waals surface area contributed by atoms with Crippen LogP contribution >= 0.6 is 0 Å². The maximum absolute atomic E-state index is 9.71. The number of nitrogens with zero attached hydrogens (tertiary/aromatic N) is 4. The van der Waals surface area contributed by atoms with Crippen LogP contribution in [-0.4, -0.2) is 34.2 Å². The lowest BCUT2D eigenvalue weighted by Gasteiger charge is -2.19. The molecule has 1 unspecified atom stereocenters. The molecule has 2 aromatic rings. The average Bonchev–Trinajstić information content (AvgIpc) is 3.21. The van der Waals surface area contributed by atoms with Crippen LogP contribution in [0, 0.1) is 11.3 Å². The molecule has 146 valence electrons. The fourth-order valence-electron chi connectivity index (χ4n) is 4.11. The second-order valence-corrected chi connectivity index (χ2v) is 7.51. The number of nitrogens with two attached hydrogens (primary N) is 1. The molecule has 0 radical (unpaired) electrons. The predicted molar refractivity (Wildman–Crippen MR) is 108 cm³/mol. The number of nitrogen functional groups attached to an aromatic ring is 1. The maximum Gasteiger partial charge on any atom is 0.222 e. The quantitative estimate of drug-likeness (QED) is 0.840. The van der Waals surface area contributed by atoms with Gasteiger partial charge in [-0.25, -0.2) is 15.0 Å². The van der Waals surface area contributed by atoms with Gasteiger partial charge in [0.1, 0.15) is 17.5 Å². The van der Waals surface area contributed by atoms with Crippen molar-refractivity contribution < 1.29 is 4.74 Å². The van der Waals surface area contributed by atoms with Crippen molar-refractivity contribution >= 4 is 11.8 Å². The Balaban J connectivity index is 1.64. The van der Waals surface area contributed by atoms with Crippen LogP contribution in [0.4, 0.5) is 11.8 Å². The number of pyridine rings is 1. The minimum absolute atomic E-state index is 0.230. The number of aromatic nitrogens is 3. The summed E-state index contributed by atoms with van der Waals surface area (Å²) in [5.41, 5.74) is 10.4. The van der Waals surface area contributed by atoms with E-state index in [9.17, 15) is 5.26 Å². The molecular weight excluding hydrogens is 352 g/mol. The van der Waals surface area contributed by atoms with E-state index in [-0.39, 0.29) is 6.10 Å². The number of anilines is 2. The molecule has 3 heterocycles. The molecule has 3 N–H and O–H groups in total. The molecule has 0 amide bonds. The Morgan fingerprint density at radius 1 is 1.14 bits per heavy atom. The van der Waals surface area contributed by atoms with E-state index in [1.54, 1.807) is 12.4 Å². The first kappa shape index (κ1) is 18.6. The van der Waals surface area contributed by atoms with Gasteiger partial charge in [-0.05, 0) is 44.1 Å². The van der Waals surface area contributed by atoms with Crippen LogP contribution in [0.3, 0.4) is 0 Å². The Kier molecular flexibility index (Phi) is 5.68. The summed E-state index contributed by atoms with van der Waals surface area (Å²) in [7, 11) is 0. The number of aryl methyl sites for hydroxylation is 1. The summed E-state index contributed by atoms with van der Waals surface area (Å²) < 4.78 is 5.62. The van der Waals surface area contributed by atoms with Gasteiger partial charge >= 0.3 is 0 Å².